The number of carbonyl (C=O) groups excluding carboxylic acids is 4. The molecule has 3 fully saturated rings. The Kier molecular flexibility index (Phi) is 11.9. The highest BCUT2D eigenvalue weighted by molar-refractivity contribution is 5.98. The Labute approximate surface area is 292 Å². The lowest BCUT2D eigenvalue weighted by Gasteiger charge is -2.45. The Hall–Kier alpha value is -3.50. The Morgan fingerprint density at radius 2 is 1.82 bits per heavy atom. The SMILES string of the molecule is C=CCCC(=O)N(C)[C@H](C)[C@H](OC(=O)[C@@H]1[C@H]2C(=O)N(CCCO)[C@H](C(=O)N(CC=C)C(C)(C)CC(C)(C)C)[C@]23CC[C@H]1O3)c1ccccc1. The van der Waals surface area contributed by atoms with E-state index < -0.39 is 53.2 Å². The topological polar surface area (TPSA) is 117 Å². The standard InChI is InChI=1S/C39H57N3O7/c1-10-12-19-29(44)40(9)26(3)32(27-17-14-13-15-18-27)48-36(47)30-28-20-21-39(49-28)31(30)34(45)41(23-16-24-43)33(39)35(46)42(22-11-2)38(7,8)25-37(4,5)6/h10-11,13-15,17-18,26,28,30-33,43H,1-2,12,16,19-25H2,3-9H3/t26-,28-,30+,31+,32+,33-,39+/m1/s1. The summed E-state index contributed by atoms with van der Waals surface area (Å²) in [6, 6.07) is 7.81. The third kappa shape index (κ3) is 7.65. The molecule has 10 nitrogen and oxygen atoms in total. The lowest BCUT2D eigenvalue weighted by Crippen LogP contribution is -2.61. The molecule has 49 heavy (non-hydrogen) atoms. The van der Waals surface area contributed by atoms with Crippen molar-refractivity contribution in [2.45, 2.75) is 115 Å². The number of rotatable bonds is 16. The first-order valence-electron chi connectivity index (χ1n) is 17.7. The number of benzene rings is 1. The largest absolute Gasteiger partial charge is 0.455 e. The lowest BCUT2D eigenvalue weighted by atomic mass is 9.70. The number of likely N-dealkylation sites (tertiary alicyclic amines) is 1. The van der Waals surface area contributed by atoms with Crippen LogP contribution in [-0.4, -0.2) is 99.6 Å². The molecule has 1 aromatic carbocycles. The number of aliphatic hydroxyl groups is 1. The number of hydrogen-bond acceptors (Lipinski definition) is 7. The molecule has 3 saturated heterocycles. The van der Waals surface area contributed by atoms with Gasteiger partial charge >= 0.3 is 5.97 Å². The van der Waals surface area contributed by atoms with Crippen LogP contribution in [0.3, 0.4) is 0 Å². The lowest BCUT2D eigenvalue weighted by molar-refractivity contribution is -0.165. The summed E-state index contributed by atoms with van der Waals surface area (Å²) in [5, 5.41) is 9.77. The Balaban J connectivity index is 1.70. The highest BCUT2D eigenvalue weighted by Gasteiger charge is 2.75. The van der Waals surface area contributed by atoms with E-state index in [1.54, 1.807) is 29.0 Å². The van der Waals surface area contributed by atoms with Crippen molar-refractivity contribution < 1.29 is 33.8 Å². The summed E-state index contributed by atoms with van der Waals surface area (Å²) < 4.78 is 13.0. The minimum atomic E-state index is -1.21. The predicted molar refractivity (Wildman–Crippen MR) is 188 cm³/mol. The molecule has 1 N–H and O–H groups in total. The first-order chi connectivity index (χ1) is 23.0. The van der Waals surface area contributed by atoms with Gasteiger partial charge in [0.2, 0.25) is 17.7 Å². The first-order valence-corrected chi connectivity index (χ1v) is 17.7. The second-order valence-corrected chi connectivity index (χ2v) is 15.8. The predicted octanol–water partition coefficient (Wildman–Crippen LogP) is 5.07. The molecule has 0 unspecified atom stereocenters. The fourth-order valence-electron chi connectivity index (χ4n) is 8.61. The molecule has 0 saturated carbocycles. The molecule has 4 rings (SSSR count). The molecule has 0 radical (unpaired) electrons. The first kappa shape index (κ1) is 38.3. The fraction of sp³-hybridized carbons (Fsp3) is 0.641. The molecule has 1 spiro atoms. The van der Waals surface area contributed by atoms with Crippen molar-refractivity contribution in [3.63, 3.8) is 0 Å². The normalized spacial score (nSPS) is 25.8. The summed E-state index contributed by atoms with van der Waals surface area (Å²) in [5.41, 5.74) is -1.14. The Morgan fingerprint density at radius 3 is 2.41 bits per heavy atom. The molecule has 0 aliphatic carbocycles. The van der Waals surface area contributed by atoms with Crippen LogP contribution in [0.1, 0.15) is 91.7 Å². The van der Waals surface area contributed by atoms with E-state index in [4.69, 9.17) is 9.47 Å². The summed E-state index contributed by atoms with van der Waals surface area (Å²) in [4.78, 5) is 61.6. The van der Waals surface area contributed by atoms with Crippen molar-refractivity contribution in [1.29, 1.82) is 0 Å². The zero-order valence-corrected chi connectivity index (χ0v) is 30.5. The quantitative estimate of drug-likeness (QED) is 0.192. The molecule has 3 aliphatic heterocycles. The molecule has 2 bridgehead atoms. The van der Waals surface area contributed by atoms with Crippen LogP contribution in [-0.2, 0) is 28.7 Å². The molecule has 3 heterocycles. The van der Waals surface area contributed by atoms with Crippen LogP contribution in [0.25, 0.3) is 0 Å². The van der Waals surface area contributed by atoms with Gasteiger partial charge in [-0.05, 0) is 63.9 Å². The van der Waals surface area contributed by atoms with E-state index in [9.17, 15) is 24.3 Å². The number of aliphatic hydroxyl groups excluding tert-OH is 1. The van der Waals surface area contributed by atoms with Crippen LogP contribution in [0, 0.1) is 17.3 Å². The molecule has 3 aliphatic rings. The van der Waals surface area contributed by atoms with Gasteiger partial charge in [0.1, 0.15) is 17.7 Å². The zero-order valence-electron chi connectivity index (χ0n) is 30.5. The van der Waals surface area contributed by atoms with Gasteiger partial charge in [0.05, 0.1) is 24.0 Å². The van der Waals surface area contributed by atoms with Crippen LogP contribution in [0.5, 0.6) is 0 Å². The molecule has 0 aromatic heterocycles. The van der Waals surface area contributed by atoms with E-state index in [0.717, 1.165) is 5.56 Å². The second-order valence-electron chi connectivity index (χ2n) is 15.8. The zero-order chi connectivity index (χ0) is 36.3. The van der Waals surface area contributed by atoms with Gasteiger partial charge in [-0.15, -0.1) is 13.2 Å². The van der Waals surface area contributed by atoms with Gasteiger partial charge in [0.25, 0.3) is 0 Å². The van der Waals surface area contributed by atoms with Gasteiger partial charge in [0, 0.05) is 38.7 Å². The molecule has 3 amide bonds. The third-order valence-electron chi connectivity index (χ3n) is 10.5. The van der Waals surface area contributed by atoms with Crippen molar-refractivity contribution in [2.75, 3.05) is 26.7 Å². The summed E-state index contributed by atoms with van der Waals surface area (Å²) >= 11 is 0. The number of esters is 1. The van der Waals surface area contributed by atoms with Crippen LogP contribution >= 0.6 is 0 Å². The van der Waals surface area contributed by atoms with Gasteiger partial charge in [-0.1, -0.05) is 63.3 Å². The van der Waals surface area contributed by atoms with Crippen LogP contribution in [0.15, 0.2) is 55.6 Å². The van der Waals surface area contributed by atoms with Crippen molar-refractivity contribution in [2.24, 2.45) is 17.3 Å². The van der Waals surface area contributed by atoms with Gasteiger partial charge in [-0.2, -0.15) is 0 Å². The average molecular weight is 680 g/mol. The summed E-state index contributed by atoms with van der Waals surface area (Å²) in [7, 11) is 1.70. The van der Waals surface area contributed by atoms with Crippen molar-refractivity contribution >= 4 is 23.7 Å². The Bertz CT molecular complexity index is 1390. The van der Waals surface area contributed by atoms with E-state index >= 15 is 0 Å². The molecule has 270 valence electrons. The van der Waals surface area contributed by atoms with E-state index in [0.29, 0.717) is 25.7 Å². The monoisotopic (exact) mass is 679 g/mol. The third-order valence-corrected chi connectivity index (χ3v) is 10.5. The van der Waals surface area contributed by atoms with Crippen LogP contribution in [0.2, 0.25) is 0 Å². The number of ether oxygens (including phenoxy) is 2. The van der Waals surface area contributed by atoms with E-state index in [1.165, 1.54) is 4.90 Å². The van der Waals surface area contributed by atoms with Gasteiger partial charge in [-0.25, -0.2) is 0 Å². The number of carbonyl (C=O) groups is 4. The van der Waals surface area contributed by atoms with Crippen molar-refractivity contribution in [3.05, 3.63) is 61.2 Å². The molecular weight excluding hydrogens is 622 g/mol. The Morgan fingerprint density at radius 1 is 1.14 bits per heavy atom. The highest BCUT2D eigenvalue weighted by atomic mass is 16.6. The number of fused-ring (bicyclic) bond motifs is 1. The van der Waals surface area contributed by atoms with Gasteiger partial charge in [0.15, 0.2) is 0 Å². The van der Waals surface area contributed by atoms with E-state index in [-0.39, 0.29) is 55.7 Å². The minimum Gasteiger partial charge on any atom is -0.455 e. The average Bonchev–Trinajstić information content (AvgIpc) is 3.69. The summed E-state index contributed by atoms with van der Waals surface area (Å²) in [5.74, 6) is -3.09. The van der Waals surface area contributed by atoms with Crippen molar-refractivity contribution in [3.8, 4) is 0 Å². The number of nitrogens with zero attached hydrogens (tertiary/aromatic N) is 3. The molecule has 10 heteroatoms. The smallest absolute Gasteiger partial charge is 0.313 e. The number of allylic oxidation sites excluding steroid dienone is 1. The van der Waals surface area contributed by atoms with Crippen molar-refractivity contribution in [1.82, 2.24) is 14.7 Å². The minimum absolute atomic E-state index is 0.0833. The van der Waals surface area contributed by atoms with E-state index in [1.807, 2.05) is 51.1 Å². The summed E-state index contributed by atoms with van der Waals surface area (Å²) in [6.07, 6.45) is 4.74. The van der Waals surface area contributed by atoms with Crippen LogP contribution < -0.4 is 0 Å². The number of amides is 3. The van der Waals surface area contributed by atoms with Gasteiger partial charge in [-0.3, -0.25) is 19.2 Å². The van der Waals surface area contributed by atoms with E-state index in [2.05, 4.69) is 33.9 Å². The molecule has 7 atom stereocenters. The van der Waals surface area contributed by atoms with Crippen LogP contribution in [0.4, 0.5) is 0 Å². The summed E-state index contributed by atoms with van der Waals surface area (Å²) in [6.45, 7) is 20.2. The molecule has 1 aromatic rings. The number of hydrogen-bond donors (Lipinski definition) is 1. The highest BCUT2D eigenvalue weighted by Crippen LogP contribution is 2.59. The maximum absolute atomic E-state index is 14.8. The molecular formula is C39H57N3O7. The van der Waals surface area contributed by atoms with Gasteiger partial charge < -0.3 is 29.3 Å². The fourth-order valence-corrected chi connectivity index (χ4v) is 8.61. The number of likely N-dealkylation sites (N-methyl/N-ethyl adjacent to an activating group) is 1. The maximum atomic E-state index is 14.8. The second kappa shape index (κ2) is 15.2. The maximum Gasteiger partial charge on any atom is 0.313 e.